The molecule has 3 rings (SSSR count). The van der Waals surface area contributed by atoms with Crippen LogP contribution in [-0.4, -0.2) is 63.3 Å². The van der Waals surface area contributed by atoms with Crippen LogP contribution in [0, 0.1) is 3.57 Å². The molecule has 0 aromatic heterocycles. The molecule has 2 aromatic rings. The maximum atomic E-state index is 5.41. The summed E-state index contributed by atoms with van der Waals surface area (Å²) in [5, 5.41) is 0. The highest BCUT2D eigenvalue weighted by atomic mass is 127. The number of ether oxygens (including phenoxy) is 2. The summed E-state index contributed by atoms with van der Waals surface area (Å²) in [6, 6.07) is 15.0. The summed E-state index contributed by atoms with van der Waals surface area (Å²) in [6.07, 6.45) is 3.47. The van der Waals surface area contributed by atoms with Gasteiger partial charge in [-0.3, -0.25) is 0 Å². The van der Waals surface area contributed by atoms with Crippen LogP contribution in [-0.2, 0) is 12.8 Å². The van der Waals surface area contributed by atoms with Gasteiger partial charge >= 0.3 is 0 Å². The molecule has 0 aliphatic carbocycles. The fourth-order valence-corrected chi connectivity index (χ4v) is 4.41. The van der Waals surface area contributed by atoms with Gasteiger partial charge in [-0.2, -0.15) is 0 Å². The first kappa shape index (κ1) is 27.7. The van der Waals surface area contributed by atoms with Crippen molar-refractivity contribution in [2.45, 2.75) is 19.3 Å². The third-order valence-corrected chi connectivity index (χ3v) is 6.56. The summed E-state index contributed by atoms with van der Waals surface area (Å²) in [5.41, 5.74) is 2.79. The van der Waals surface area contributed by atoms with Crippen molar-refractivity contribution in [1.29, 1.82) is 0 Å². The Morgan fingerprint density at radius 3 is 2.07 bits per heavy atom. The number of aryl methyl sites for hydroxylation is 1. The van der Waals surface area contributed by atoms with E-state index in [1.807, 2.05) is 6.07 Å². The van der Waals surface area contributed by atoms with Gasteiger partial charge in [0, 0.05) is 36.3 Å². The van der Waals surface area contributed by atoms with Crippen LogP contribution in [0.1, 0.15) is 17.5 Å². The van der Waals surface area contributed by atoms with E-state index in [0.717, 1.165) is 37.6 Å². The van der Waals surface area contributed by atoms with E-state index in [2.05, 4.69) is 68.8 Å². The van der Waals surface area contributed by atoms with Gasteiger partial charge in [-0.15, -0.1) is 34.0 Å². The lowest BCUT2D eigenvalue weighted by molar-refractivity contribution is 0.132. The van der Waals surface area contributed by atoms with Crippen LogP contribution in [0.4, 0.5) is 0 Å². The first-order chi connectivity index (χ1) is 13.7. The highest BCUT2D eigenvalue weighted by Gasteiger charge is 2.16. The lowest BCUT2D eigenvalue weighted by Crippen LogP contribution is -2.47. The number of hydrogen-bond donors (Lipinski definition) is 0. The number of rotatable bonds is 9. The Labute approximate surface area is 216 Å². The minimum atomic E-state index is 0. The molecule has 0 N–H and O–H groups in total. The van der Waals surface area contributed by atoms with Gasteiger partial charge in [-0.25, -0.2) is 0 Å². The first-order valence-corrected chi connectivity index (χ1v) is 11.2. The summed E-state index contributed by atoms with van der Waals surface area (Å²) in [4.78, 5) is 5.19. The molecule has 1 aliphatic rings. The number of halogens is 3. The zero-order valence-corrected chi connectivity index (χ0v) is 23.4. The minimum Gasteiger partial charge on any atom is -0.493 e. The molecule has 2 aromatic carbocycles. The molecule has 1 aliphatic heterocycles. The zero-order chi connectivity index (χ0) is 19.8. The predicted octanol–water partition coefficient (Wildman–Crippen LogP) is 5.26. The first-order valence-electron chi connectivity index (χ1n) is 10.1. The van der Waals surface area contributed by atoms with E-state index in [1.165, 1.54) is 47.2 Å². The number of benzene rings is 2. The Kier molecular flexibility index (Phi) is 13.5. The van der Waals surface area contributed by atoms with Gasteiger partial charge < -0.3 is 19.3 Å². The smallest absolute Gasteiger partial charge is 0.160 e. The zero-order valence-electron chi connectivity index (χ0n) is 17.8. The molecule has 1 fully saturated rings. The second kappa shape index (κ2) is 14.7. The standard InChI is InChI=1S/C23H31IN2O2.2BrH/c1-27-22-10-9-19(18-23(22)28-2)11-13-26-16-14-25(15-17-26)12-5-7-20-6-3-4-8-21(20)24;;/h3-4,6,8-10,18H,5,7,11-17H2,1-2H3;2*1H. The second-order valence-electron chi connectivity index (χ2n) is 7.32. The van der Waals surface area contributed by atoms with Gasteiger partial charge in [-0.05, 0) is 77.7 Å². The van der Waals surface area contributed by atoms with Crippen molar-refractivity contribution in [3.8, 4) is 11.5 Å². The van der Waals surface area contributed by atoms with E-state index in [-0.39, 0.29) is 34.0 Å². The van der Waals surface area contributed by atoms with E-state index in [4.69, 9.17) is 9.47 Å². The summed E-state index contributed by atoms with van der Waals surface area (Å²) >= 11 is 2.44. The maximum Gasteiger partial charge on any atom is 0.160 e. The Morgan fingerprint density at radius 1 is 0.800 bits per heavy atom. The van der Waals surface area contributed by atoms with Crippen molar-refractivity contribution in [1.82, 2.24) is 9.80 Å². The van der Waals surface area contributed by atoms with E-state index in [1.54, 1.807) is 14.2 Å². The Bertz CT molecular complexity index is 756. The van der Waals surface area contributed by atoms with Gasteiger partial charge in [0.05, 0.1) is 14.2 Å². The summed E-state index contributed by atoms with van der Waals surface area (Å²) in [5.74, 6) is 1.61. The lowest BCUT2D eigenvalue weighted by Gasteiger charge is -2.34. The monoisotopic (exact) mass is 654 g/mol. The van der Waals surface area contributed by atoms with E-state index >= 15 is 0 Å². The molecule has 1 saturated heterocycles. The molecule has 168 valence electrons. The molecule has 30 heavy (non-hydrogen) atoms. The van der Waals surface area contributed by atoms with Crippen LogP contribution >= 0.6 is 56.6 Å². The van der Waals surface area contributed by atoms with Crippen LogP contribution < -0.4 is 9.47 Å². The molecule has 0 atom stereocenters. The van der Waals surface area contributed by atoms with Crippen LogP contribution in [0.5, 0.6) is 11.5 Å². The van der Waals surface area contributed by atoms with Crippen LogP contribution in [0.25, 0.3) is 0 Å². The van der Waals surface area contributed by atoms with Crippen LogP contribution in [0.15, 0.2) is 42.5 Å². The maximum absolute atomic E-state index is 5.41. The number of piperazine rings is 1. The third kappa shape index (κ3) is 8.30. The minimum absolute atomic E-state index is 0. The summed E-state index contributed by atoms with van der Waals surface area (Å²) in [7, 11) is 3.37. The van der Waals surface area contributed by atoms with Gasteiger partial charge in [-0.1, -0.05) is 24.3 Å². The van der Waals surface area contributed by atoms with E-state index in [9.17, 15) is 0 Å². The third-order valence-electron chi connectivity index (χ3n) is 5.51. The predicted molar refractivity (Wildman–Crippen MR) is 144 cm³/mol. The van der Waals surface area contributed by atoms with E-state index in [0.29, 0.717) is 0 Å². The number of nitrogens with zero attached hydrogens (tertiary/aromatic N) is 2. The van der Waals surface area contributed by atoms with Gasteiger partial charge in [0.1, 0.15) is 0 Å². The Hall–Kier alpha value is -0.350. The average Bonchev–Trinajstić information content (AvgIpc) is 2.74. The molecule has 0 bridgehead atoms. The second-order valence-corrected chi connectivity index (χ2v) is 8.48. The van der Waals surface area contributed by atoms with Gasteiger partial charge in [0.25, 0.3) is 0 Å². The lowest BCUT2D eigenvalue weighted by atomic mass is 10.1. The van der Waals surface area contributed by atoms with E-state index < -0.39 is 0 Å². The van der Waals surface area contributed by atoms with Crippen molar-refractivity contribution < 1.29 is 9.47 Å². The molecule has 0 amide bonds. The molecule has 0 spiro atoms. The molecular weight excluding hydrogens is 623 g/mol. The van der Waals surface area contributed by atoms with Crippen molar-refractivity contribution in [2.24, 2.45) is 0 Å². The van der Waals surface area contributed by atoms with Crippen molar-refractivity contribution >= 4 is 56.6 Å². The average molecular weight is 656 g/mol. The van der Waals surface area contributed by atoms with Crippen LogP contribution in [0.2, 0.25) is 0 Å². The normalized spacial score (nSPS) is 14.5. The topological polar surface area (TPSA) is 24.9 Å². The van der Waals surface area contributed by atoms with Crippen molar-refractivity contribution in [2.75, 3.05) is 53.5 Å². The summed E-state index contributed by atoms with van der Waals surface area (Å²) < 4.78 is 12.1. The van der Waals surface area contributed by atoms with Gasteiger partial charge in [0.2, 0.25) is 0 Å². The molecule has 7 heteroatoms. The van der Waals surface area contributed by atoms with Gasteiger partial charge in [0.15, 0.2) is 11.5 Å². The fraction of sp³-hybridized carbons (Fsp3) is 0.478. The molecule has 0 saturated carbocycles. The van der Waals surface area contributed by atoms with Crippen molar-refractivity contribution in [3.05, 3.63) is 57.2 Å². The molecule has 1 heterocycles. The Balaban J connectivity index is 0.00000225. The van der Waals surface area contributed by atoms with Crippen molar-refractivity contribution in [3.63, 3.8) is 0 Å². The fourth-order valence-electron chi connectivity index (χ4n) is 3.75. The highest BCUT2D eigenvalue weighted by molar-refractivity contribution is 14.1. The quantitative estimate of drug-likeness (QED) is 0.345. The van der Waals surface area contributed by atoms with Crippen LogP contribution in [0.3, 0.4) is 0 Å². The molecule has 4 nitrogen and oxygen atoms in total. The number of hydrogen-bond acceptors (Lipinski definition) is 4. The SMILES string of the molecule is Br.Br.COc1ccc(CCN2CCN(CCCc3ccccc3I)CC2)cc1OC. The molecular formula is C23H33Br2IN2O2. The highest BCUT2D eigenvalue weighted by Crippen LogP contribution is 2.27. The number of methoxy groups -OCH3 is 2. The molecule has 0 unspecified atom stereocenters. The Morgan fingerprint density at radius 2 is 1.43 bits per heavy atom. The summed E-state index contributed by atoms with van der Waals surface area (Å²) in [6.45, 7) is 6.99. The largest absolute Gasteiger partial charge is 0.493 e. The molecule has 0 radical (unpaired) electrons.